The SMILES string of the molecule is CN(C(=O)C(F)(F)S)c1ccccc1. The second-order valence-corrected chi connectivity index (χ2v) is 3.30. The Morgan fingerprint density at radius 3 is 2.29 bits per heavy atom. The Kier molecular flexibility index (Phi) is 3.10. The molecule has 0 saturated carbocycles. The predicted molar refractivity (Wildman–Crippen MR) is 53.8 cm³/mol. The van der Waals surface area contributed by atoms with Crippen LogP contribution in [0.1, 0.15) is 0 Å². The topological polar surface area (TPSA) is 20.3 Å². The van der Waals surface area contributed by atoms with E-state index < -0.39 is 11.2 Å². The molecule has 0 spiro atoms. The molecular formula is C9H9F2NOS. The van der Waals surface area contributed by atoms with Crippen LogP contribution >= 0.6 is 12.6 Å². The van der Waals surface area contributed by atoms with Gasteiger partial charge in [-0.3, -0.25) is 4.79 Å². The molecule has 1 rings (SSSR count). The molecule has 0 aliphatic carbocycles. The summed E-state index contributed by atoms with van der Waals surface area (Å²) in [5.41, 5.74) is 0.409. The van der Waals surface area contributed by atoms with Gasteiger partial charge in [0.05, 0.1) is 0 Å². The van der Waals surface area contributed by atoms with Gasteiger partial charge in [-0.05, 0) is 12.1 Å². The molecule has 0 atom stereocenters. The van der Waals surface area contributed by atoms with Crippen molar-refractivity contribution in [3.05, 3.63) is 30.3 Å². The van der Waals surface area contributed by atoms with Crippen molar-refractivity contribution in [1.82, 2.24) is 0 Å². The number of amides is 1. The number of nitrogens with zero attached hydrogens (tertiary/aromatic N) is 1. The molecule has 1 amide bonds. The minimum atomic E-state index is -3.63. The van der Waals surface area contributed by atoms with Gasteiger partial charge in [-0.1, -0.05) is 30.8 Å². The van der Waals surface area contributed by atoms with Crippen LogP contribution in [-0.4, -0.2) is 18.2 Å². The van der Waals surface area contributed by atoms with Crippen molar-refractivity contribution < 1.29 is 13.6 Å². The lowest BCUT2D eigenvalue weighted by Gasteiger charge is -2.19. The first-order valence-corrected chi connectivity index (χ1v) is 4.31. The first kappa shape index (κ1) is 11.0. The van der Waals surface area contributed by atoms with E-state index in [9.17, 15) is 13.6 Å². The number of rotatable bonds is 2. The highest BCUT2D eigenvalue weighted by atomic mass is 32.1. The number of carbonyl (C=O) groups excluding carboxylic acids is 1. The van der Waals surface area contributed by atoms with E-state index in [4.69, 9.17) is 0 Å². The van der Waals surface area contributed by atoms with E-state index in [0.717, 1.165) is 4.90 Å². The van der Waals surface area contributed by atoms with E-state index >= 15 is 0 Å². The lowest BCUT2D eigenvalue weighted by Crippen LogP contribution is -2.37. The van der Waals surface area contributed by atoms with Gasteiger partial charge >= 0.3 is 11.2 Å². The van der Waals surface area contributed by atoms with Crippen molar-refractivity contribution in [1.29, 1.82) is 0 Å². The summed E-state index contributed by atoms with van der Waals surface area (Å²) >= 11 is 2.91. The van der Waals surface area contributed by atoms with Crippen LogP contribution in [0, 0.1) is 0 Å². The highest BCUT2D eigenvalue weighted by Crippen LogP contribution is 2.23. The molecule has 14 heavy (non-hydrogen) atoms. The lowest BCUT2D eigenvalue weighted by atomic mass is 10.3. The molecule has 0 aromatic heterocycles. The van der Waals surface area contributed by atoms with Gasteiger partial charge in [0.15, 0.2) is 0 Å². The Bertz CT molecular complexity index is 323. The van der Waals surface area contributed by atoms with Crippen LogP contribution in [0.4, 0.5) is 14.5 Å². The first-order chi connectivity index (χ1) is 6.43. The Hall–Kier alpha value is -1.10. The molecule has 0 bridgehead atoms. The number of benzene rings is 1. The molecular weight excluding hydrogens is 208 g/mol. The summed E-state index contributed by atoms with van der Waals surface area (Å²) in [4.78, 5) is 11.9. The summed E-state index contributed by atoms with van der Waals surface area (Å²) in [6, 6.07) is 8.20. The molecule has 1 aromatic rings. The molecule has 2 nitrogen and oxygen atoms in total. The maximum absolute atomic E-state index is 12.5. The monoisotopic (exact) mass is 217 g/mol. The third-order valence-corrected chi connectivity index (χ3v) is 1.90. The Morgan fingerprint density at radius 1 is 1.36 bits per heavy atom. The van der Waals surface area contributed by atoms with Gasteiger partial charge in [0.1, 0.15) is 0 Å². The molecule has 5 heteroatoms. The number of hydrogen-bond donors (Lipinski definition) is 1. The molecule has 76 valence electrons. The third-order valence-electron chi connectivity index (χ3n) is 1.71. The first-order valence-electron chi connectivity index (χ1n) is 3.86. The smallest absolute Gasteiger partial charge is 0.309 e. The summed E-state index contributed by atoms with van der Waals surface area (Å²) in [7, 11) is 1.28. The summed E-state index contributed by atoms with van der Waals surface area (Å²) in [5.74, 6) is -1.34. The minimum absolute atomic E-state index is 0.409. The Balaban J connectivity index is 2.87. The molecule has 0 aliphatic rings. The quantitative estimate of drug-likeness (QED) is 0.753. The maximum Gasteiger partial charge on any atom is 0.368 e. The largest absolute Gasteiger partial charge is 0.368 e. The van der Waals surface area contributed by atoms with E-state index in [1.165, 1.54) is 7.05 Å². The van der Waals surface area contributed by atoms with Gasteiger partial charge in [-0.15, -0.1) is 0 Å². The average molecular weight is 217 g/mol. The van der Waals surface area contributed by atoms with Gasteiger partial charge in [0, 0.05) is 12.7 Å². The lowest BCUT2D eigenvalue weighted by molar-refractivity contribution is -0.131. The second kappa shape index (κ2) is 3.96. The highest BCUT2D eigenvalue weighted by Gasteiger charge is 2.36. The van der Waals surface area contributed by atoms with Gasteiger partial charge < -0.3 is 4.90 Å². The van der Waals surface area contributed by atoms with E-state index in [1.54, 1.807) is 30.3 Å². The molecule has 0 radical (unpaired) electrons. The predicted octanol–water partition coefficient (Wildman–Crippen LogP) is 2.17. The van der Waals surface area contributed by atoms with Crippen molar-refractivity contribution in [2.75, 3.05) is 11.9 Å². The average Bonchev–Trinajstić information content (AvgIpc) is 2.15. The third kappa shape index (κ3) is 2.45. The number of para-hydroxylation sites is 1. The normalized spacial score (nSPS) is 11.1. The summed E-state index contributed by atoms with van der Waals surface area (Å²) < 4.78 is 25.0. The fourth-order valence-corrected chi connectivity index (χ4v) is 1.12. The highest BCUT2D eigenvalue weighted by molar-refractivity contribution is 7.82. The van der Waals surface area contributed by atoms with E-state index in [0.29, 0.717) is 5.69 Å². The summed E-state index contributed by atoms with van der Waals surface area (Å²) in [5, 5.41) is -3.63. The molecule has 1 aromatic carbocycles. The zero-order valence-corrected chi connectivity index (χ0v) is 8.34. The molecule has 0 heterocycles. The molecule has 0 fully saturated rings. The van der Waals surface area contributed by atoms with E-state index in [2.05, 4.69) is 12.6 Å². The van der Waals surface area contributed by atoms with Gasteiger partial charge in [0.25, 0.3) is 0 Å². The Labute approximate surface area is 85.9 Å². The Morgan fingerprint density at radius 2 is 1.86 bits per heavy atom. The number of thiol groups is 1. The number of alkyl halides is 2. The van der Waals surface area contributed by atoms with Crippen LogP contribution in [0.25, 0.3) is 0 Å². The van der Waals surface area contributed by atoms with E-state index in [1.807, 2.05) is 0 Å². The minimum Gasteiger partial charge on any atom is -0.309 e. The van der Waals surface area contributed by atoms with Gasteiger partial charge in [-0.25, -0.2) is 0 Å². The van der Waals surface area contributed by atoms with Crippen molar-refractivity contribution >= 4 is 24.2 Å². The van der Waals surface area contributed by atoms with Crippen molar-refractivity contribution in [3.63, 3.8) is 0 Å². The molecule has 0 saturated heterocycles. The van der Waals surface area contributed by atoms with Gasteiger partial charge in [0.2, 0.25) is 0 Å². The van der Waals surface area contributed by atoms with Crippen molar-refractivity contribution in [2.45, 2.75) is 5.25 Å². The van der Waals surface area contributed by atoms with Crippen LogP contribution in [-0.2, 0) is 4.79 Å². The number of anilines is 1. The van der Waals surface area contributed by atoms with Crippen LogP contribution in [0.3, 0.4) is 0 Å². The van der Waals surface area contributed by atoms with E-state index in [-0.39, 0.29) is 0 Å². The van der Waals surface area contributed by atoms with Crippen LogP contribution < -0.4 is 4.90 Å². The maximum atomic E-state index is 12.5. The van der Waals surface area contributed by atoms with Crippen LogP contribution in [0.5, 0.6) is 0 Å². The molecule has 0 aliphatic heterocycles. The van der Waals surface area contributed by atoms with Gasteiger partial charge in [-0.2, -0.15) is 8.78 Å². The van der Waals surface area contributed by atoms with Crippen LogP contribution in [0.2, 0.25) is 0 Å². The molecule has 0 unspecified atom stereocenters. The fraction of sp³-hybridized carbons (Fsp3) is 0.222. The standard InChI is InChI=1S/C9H9F2NOS/c1-12(8(13)9(10,11)14)7-5-3-2-4-6-7/h2-6,14H,1H3. The zero-order valence-electron chi connectivity index (χ0n) is 7.45. The summed E-state index contributed by atoms with van der Waals surface area (Å²) in [6.07, 6.45) is 0. The van der Waals surface area contributed by atoms with Crippen molar-refractivity contribution in [3.8, 4) is 0 Å². The number of hydrogen-bond acceptors (Lipinski definition) is 2. The zero-order chi connectivity index (χ0) is 10.8. The second-order valence-electron chi connectivity index (χ2n) is 2.74. The fourth-order valence-electron chi connectivity index (χ4n) is 0.971. The number of carbonyl (C=O) groups is 1. The molecule has 0 N–H and O–H groups in total. The summed E-state index contributed by atoms with van der Waals surface area (Å²) in [6.45, 7) is 0. The van der Waals surface area contributed by atoms with Crippen LogP contribution in [0.15, 0.2) is 30.3 Å². The van der Waals surface area contributed by atoms with Crippen molar-refractivity contribution in [2.24, 2.45) is 0 Å². The number of halogens is 2.